The minimum atomic E-state index is -0.180. The summed E-state index contributed by atoms with van der Waals surface area (Å²) in [4.78, 5) is 12.0. The largest absolute Gasteiger partial charge is 0.493 e. The summed E-state index contributed by atoms with van der Waals surface area (Å²) in [6, 6.07) is 5.56. The summed E-state index contributed by atoms with van der Waals surface area (Å²) < 4.78 is 10.9. The maximum Gasteiger partial charge on any atom is 0.258 e. The molecule has 0 fully saturated rings. The van der Waals surface area contributed by atoms with Crippen LogP contribution in [0.25, 0.3) is 6.08 Å². The Morgan fingerprint density at radius 2 is 2.04 bits per heavy atom. The molecule has 24 heavy (non-hydrogen) atoms. The second kappa shape index (κ2) is 11.8. The summed E-state index contributed by atoms with van der Waals surface area (Å²) >= 11 is 0. The monoisotopic (exact) mass is 356 g/mol. The van der Waals surface area contributed by atoms with E-state index in [-0.39, 0.29) is 31.0 Å². The van der Waals surface area contributed by atoms with Crippen LogP contribution in [0.2, 0.25) is 0 Å². The highest BCUT2D eigenvalue weighted by molar-refractivity contribution is 5.85. The van der Waals surface area contributed by atoms with Crippen LogP contribution in [0.5, 0.6) is 11.5 Å². The Hall–Kier alpha value is -1.72. The Bertz CT molecular complexity index is 533. The fraction of sp³-hybridized carbons (Fsp3) is 0.500. The third kappa shape index (κ3) is 7.70. The van der Waals surface area contributed by atoms with Gasteiger partial charge in [-0.1, -0.05) is 32.1 Å². The second-order valence-corrected chi connectivity index (χ2v) is 5.83. The van der Waals surface area contributed by atoms with E-state index in [1.807, 2.05) is 31.2 Å². The Morgan fingerprint density at radius 1 is 1.33 bits per heavy atom. The summed E-state index contributed by atoms with van der Waals surface area (Å²) in [6.45, 7) is 6.51. The topological polar surface area (TPSA) is 73.6 Å². The van der Waals surface area contributed by atoms with E-state index >= 15 is 0 Å². The molecule has 1 rings (SSSR count). The lowest BCUT2D eigenvalue weighted by molar-refractivity contribution is -0.123. The Labute approximate surface area is 151 Å². The van der Waals surface area contributed by atoms with Crippen molar-refractivity contribution in [2.24, 2.45) is 11.7 Å². The minimum Gasteiger partial charge on any atom is -0.493 e. The molecule has 1 unspecified atom stereocenters. The molecule has 1 atom stereocenters. The molecule has 0 heterocycles. The number of benzene rings is 1. The average molecular weight is 357 g/mol. The lowest BCUT2D eigenvalue weighted by Crippen LogP contribution is -2.43. The maximum absolute atomic E-state index is 12.0. The van der Waals surface area contributed by atoms with Gasteiger partial charge in [-0.15, -0.1) is 12.4 Å². The number of methoxy groups -OCH3 is 1. The molecule has 0 saturated heterocycles. The van der Waals surface area contributed by atoms with Crippen LogP contribution in [0.4, 0.5) is 0 Å². The van der Waals surface area contributed by atoms with E-state index < -0.39 is 0 Å². The molecule has 1 aromatic rings. The van der Waals surface area contributed by atoms with E-state index in [4.69, 9.17) is 15.2 Å². The highest BCUT2D eigenvalue weighted by Gasteiger charge is 2.14. The highest BCUT2D eigenvalue weighted by Crippen LogP contribution is 2.28. The van der Waals surface area contributed by atoms with Gasteiger partial charge in [0, 0.05) is 12.6 Å². The third-order valence-corrected chi connectivity index (χ3v) is 3.31. The predicted octanol–water partition coefficient (Wildman–Crippen LogP) is 3.02. The van der Waals surface area contributed by atoms with Crippen molar-refractivity contribution >= 4 is 24.4 Å². The highest BCUT2D eigenvalue weighted by atomic mass is 35.5. The van der Waals surface area contributed by atoms with Crippen LogP contribution in [0.1, 0.15) is 32.8 Å². The van der Waals surface area contributed by atoms with Gasteiger partial charge in [0.25, 0.3) is 5.91 Å². The van der Waals surface area contributed by atoms with E-state index in [0.717, 1.165) is 12.0 Å². The number of rotatable bonds is 9. The number of nitrogens with one attached hydrogen (secondary N) is 1. The third-order valence-electron chi connectivity index (χ3n) is 3.31. The van der Waals surface area contributed by atoms with E-state index in [0.29, 0.717) is 24.0 Å². The molecule has 136 valence electrons. The molecule has 0 spiro atoms. The standard InChI is InChI=1S/C18H28N2O3.ClH/c1-5-6-14-7-8-16(17(10-14)22-4)23-12-18(21)20-15(11-19)9-13(2)3;/h5-8,10,13,15H,9,11-12,19H2,1-4H3,(H,20,21);1H/b6-5+;. The van der Waals surface area contributed by atoms with Crippen LogP contribution in [0, 0.1) is 5.92 Å². The average Bonchev–Trinajstić information content (AvgIpc) is 2.52. The van der Waals surface area contributed by atoms with E-state index in [2.05, 4.69) is 19.2 Å². The summed E-state index contributed by atoms with van der Waals surface area (Å²) in [6.07, 6.45) is 4.77. The molecule has 0 radical (unpaired) electrons. The Morgan fingerprint density at radius 3 is 2.58 bits per heavy atom. The lowest BCUT2D eigenvalue weighted by atomic mass is 10.0. The molecule has 6 heteroatoms. The predicted molar refractivity (Wildman–Crippen MR) is 101 cm³/mol. The molecule has 0 saturated carbocycles. The number of ether oxygens (including phenoxy) is 2. The molecule has 0 aliphatic carbocycles. The first-order chi connectivity index (χ1) is 11.0. The molecule has 0 aliphatic heterocycles. The van der Waals surface area contributed by atoms with E-state index in [1.165, 1.54) is 0 Å². The van der Waals surface area contributed by atoms with Gasteiger partial charge in [-0.2, -0.15) is 0 Å². The molecular formula is C18H29ClN2O3. The Kier molecular flexibility index (Phi) is 10.9. The van der Waals surface area contributed by atoms with Gasteiger partial charge in [0.15, 0.2) is 18.1 Å². The minimum absolute atomic E-state index is 0. The van der Waals surface area contributed by atoms with Crippen molar-refractivity contribution in [1.29, 1.82) is 0 Å². The molecule has 1 aromatic carbocycles. The van der Waals surface area contributed by atoms with Crippen LogP contribution in [0.3, 0.4) is 0 Å². The number of amides is 1. The quantitative estimate of drug-likeness (QED) is 0.713. The van der Waals surface area contributed by atoms with Crippen LogP contribution >= 0.6 is 12.4 Å². The fourth-order valence-electron chi connectivity index (χ4n) is 2.30. The van der Waals surface area contributed by atoms with Gasteiger partial charge in [-0.3, -0.25) is 4.79 Å². The smallest absolute Gasteiger partial charge is 0.258 e. The van der Waals surface area contributed by atoms with Crippen molar-refractivity contribution in [3.05, 3.63) is 29.8 Å². The Balaban J connectivity index is 0.00000529. The summed E-state index contributed by atoms with van der Waals surface area (Å²) in [5, 5.41) is 2.90. The number of halogens is 1. The molecule has 0 bridgehead atoms. The summed E-state index contributed by atoms with van der Waals surface area (Å²) in [5.74, 6) is 1.44. The van der Waals surface area contributed by atoms with Crippen molar-refractivity contribution in [3.63, 3.8) is 0 Å². The van der Waals surface area contributed by atoms with Gasteiger partial charge in [0.1, 0.15) is 0 Å². The normalized spacial score (nSPS) is 11.9. The fourth-order valence-corrected chi connectivity index (χ4v) is 2.30. The first-order valence-corrected chi connectivity index (χ1v) is 7.93. The molecular weight excluding hydrogens is 328 g/mol. The zero-order valence-corrected chi connectivity index (χ0v) is 15.7. The number of carbonyl (C=O) groups excluding carboxylic acids is 1. The number of hydrogen-bond acceptors (Lipinski definition) is 4. The molecule has 3 N–H and O–H groups in total. The number of hydrogen-bond donors (Lipinski definition) is 2. The molecule has 1 amide bonds. The maximum atomic E-state index is 12.0. The van der Waals surface area contributed by atoms with Gasteiger partial charge in [-0.05, 0) is 37.0 Å². The summed E-state index contributed by atoms with van der Waals surface area (Å²) in [7, 11) is 1.58. The van der Waals surface area contributed by atoms with Crippen molar-refractivity contribution in [2.75, 3.05) is 20.3 Å². The SMILES string of the molecule is C/C=C/c1ccc(OCC(=O)NC(CN)CC(C)C)c(OC)c1.Cl. The molecule has 5 nitrogen and oxygen atoms in total. The number of allylic oxidation sites excluding steroid dienone is 1. The van der Waals surface area contributed by atoms with Gasteiger partial charge in [0.05, 0.1) is 7.11 Å². The second-order valence-electron chi connectivity index (χ2n) is 5.83. The van der Waals surface area contributed by atoms with Crippen LogP contribution in [0.15, 0.2) is 24.3 Å². The van der Waals surface area contributed by atoms with Gasteiger partial charge in [-0.25, -0.2) is 0 Å². The van der Waals surface area contributed by atoms with E-state index in [1.54, 1.807) is 13.2 Å². The van der Waals surface area contributed by atoms with Gasteiger partial charge < -0.3 is 20.5 Å². The van der Waals surface area contributed by atoms with Crippen molar-refractivity contribution < 1.29 is 14.3 Å². The molecule has 0 aromatic heterocycles. The molecule has 0 aliphatic rings. The first kappa shape index (κ1) is 22.3. The number of carbonyl (C=O) groups is 1. The van der Waals surface area contributed by atoms with Crippen molar-refractivity contribution in [3.8, 4) is 11.5 Å². The lowest BCUT2D eigenvalue weighted by Gasteiger charge is -2.19. The van der Waals surface area contributed by atoms with Gasteiger partial charge >= 0.3 is 0 Å². The van der Waals surface area contributed by atoms with Crippen LogP contribution < -0.4 is 20.5 Å². The first-order valence-electron chi connectivity index (χ1n) is 7.93. The van der Waals surface area contributed by atoms with Gasteiger partial charge in [0.2, 0.25) is 0 Å². The van der Waals surface area contributed by atoms with Crippen molar-refractivity contribution in [1.82, 2.24) is 5.32 Å². The number of nitrogens with two attached hydrogens (primary N) is 1. The zero-order chi connectivity index (χ0) is 17.2. The van der Waals surface area contributed by atoms with Crippen LogP contribution in [-0.2, 0) is 4.79 Å². The van der Waals surface area contributed by atoms with E-state index in [9.17, 15) is 4.79 Å². The zero-order valence-electron chi connectivity index (χ0n) is 14.9. The summed E-state index contributed by atoms with van der Waals surface area (Å²) in [5.41, 5.74) is 6.70. The van der Waals surface area contributed by atoms with Crippen LogP contribution in [-0.4, -0.2) is 32.2 Å². The van der Waals surface area contributed by atoms with Crippen molar-refractivity contribution in [2.45, 2.75) is 33.2 Å².